The largest absolute Gasteiger partial charge is 0.444 e. The maximum absolute atomic E-state index is 11.6. The van der Waals surface area contributed by atoms with Gasteiger partial charge in [0.25, 0.3) is 0 Å². The van der Waals surface area contributed by atoms with Crippen molar-refractivity contribution in [3.8, 4) is 0 Å². The number of ether oxygens (including phenoxy) is 1. The third kappa shape index (κ3) is 4.64. The van der Waals surface area contributed by atoms with Crippen LogP contribution in [-0.4, -0.2) is 11.7 Å². The van der Waals surface area contributed by atoms with Gasteiger partial charge in [0.2, 0.25) is 6.54 Å². The predicted octanol–water partition coefficient (Wildman–Crippen LogP) is 4.11. The molecule has 1 rings (SSSR count). The van der Waals surface area contributed by atoms with Crippen molar-refractivity contribution in [2.24, 2.45) is 0 Å². The van der Waals surface area contributed by atoms with Gasteiger partial charge in [-0.1, -0.05) is 11.6 Å². The van der Waals surface area contributed by atoms with Gasteiger partial charge in [0.15, 0.2) is 0 Å². The quantitative estimate of drug-likeness (QED) is 0.819. The van der Waals surface area contributed by atoms with Gasteiger partial charge in [-0.05, 0) is 39.0 Å². The number of benzene rings is 1. The molecule has 0 atom stereocenters. The molecule has 0 aliphatic rings. The molecule has 0 radical (unpaired) electrons. The molecule has 0 saturated heterocycles. The van der Waals surface area contributed by atoms with E-state index < -0.39 is 11.7 Å². The second-order valence-electron chi connectivity index (χ2n) is 4.76. The Balaban J connectivity index is 2.81. The third-order valence-electron chi connectivity index (χ3n) is 1.93. The number of hydrogen-bond donors (Lipinski definition) is 1. The smallest absolute Gasteiger partial charge is 0.412 e. The Morgan fingerprint density at radius 2 is 2.17 bits per heavy atom. The van der Waals surface area contributed by atoms with Gasteiger partial charge < -0.3 is 9.58 Å². The van der Waals surface area contributed by atoms with Gasteiger partial charge in [-0.25, -0.2) is 11.4 Å². The summed E-state index contributed by atoms with van der Waals surface area (Å²) >= 11 is 5.96. The topological polar surface area (TPSA) is 42.7 Å². The molecule has 4 nitrogen and oxygen atoms in total. The predicted molar refractivity (Wildman–Crippen MR) is 71.6 cm³/mol. The molecule has 0 aromatic heterocycles. The summed E-state index contributed by atoms with van der Waals surface area (Å²) in [4.78, 5) is 14.9. The van der Waals surface area contributed by atoms with Crippen molar-refractivity contribution in [3.63, 3.8) is 0 Å². The van der Waals surface area contributed by atoms with Gasteiger partial charge in [0, 0.05) is 5.56 Å². The SMILES string of the molecule is [C-]#[N+]Cc1ccc(Cl)c(NC(=O)OC(C)(C)C)c1. The van der Waals surface area contributed by atoms with Crippen molar-refractivity contribution in [3.05, 3.63) is 40.2 Å². The molecule has 1 aromatic rings. The van der Waals surface area contributed by atoms with E-state index in [4.69, 9.17) is 22.9 Å². The molecule has 0 saturated carbocycles. The van der Waals surface area contributed by atoms with E-state index in [1.807, 2.05) is 0 Å². The van der Waals surface area contributed by atoms with E-state index in [0.29, 0.717) is 10.7 Å². The highest BCUT2D eigenvalue weighted by molar-refractivity contribution is 6.33. The summed E-state index contributed by atoms with van der Waals surface area (Å²) < 4.78 is 5.13. The molecular formula is C13H15ClN2O2. The van der Waals surface area contributed by atoms with Crippen LogP contribution in [0.1, 0.15) is 26.3 Å². The maximum Gasteiger partial charge on any atom is 0.412 e. The molecule has 1 N–H and O–H groups in total. The minimum atomic E-state index is -0.565. The van der Waals surface area contributed by atoms with Crippen molar-refractivity contribution in [1.29, 1.82) is 0 Å². The molecule has 1 aromatic carbocycles. The van der Waals surface area contributed by atoms with Crippen molar-refractivity contribution >= 4 is 23.4 Å². The average molecular weight is 267 g/mol. The van der Waals surface area contributed by atoms with Crippen LogP contribution in [0, 0.1) is 6.57 Å². The van der Waals surface area contributed by atoms with Crippen LogP contribution in [0.4, 0.5) is 10.5 Å². The fourth-order valence-electron chi connectivity index (χ4n) is 1.27. The minimum absolute atomic E-state index is 0.250. The fraction of sp³-hybridized carbons (Fsp3) is 0.385. The molecule has 0 spiro atoms. The molecule has 0 unspecified atom stereocenters. The summed E-state index contributed by atoms with van der Waals surface area (Å²) in [6.07, 6.45) is -0.565. The first-order valence-electron chi connectivity index (χ1n) is 5.43. The Morgan fingerprint density at radius 3 is 2.72 bits per heavy atom. The second kappa shape index (κ2) is 5.74. The monoisotopic (exact) mass is 266 g/mol. The molecule has 0 bridgehead atoms. The summed E-state index contributed by atoms with van der Waals surface area (Å²) in [5, 5.41) is 2.98. The molecule has 0 aliphatic heterocycles. The molecule has 5 heteroatoms. The highest BCUT2D eigenvalue weighted by Gasteiger charge is 2.17. The number of carbonyl (C=O) groups excluding carboxylic acids is 1. The second-order valence-corrected chi connectivity index (χ2v) is 5.16. The van der Waals surface area contributed by atoms with E-state index in [-0.39, 0.29) is 6.54 Å². The van der Waals surface area contributed by atoms with Crippen LogP contribution in [0.15, 0.2) is 18.2 Å². The zero-order valence-corrected chi connectivity index (χ0v) is 11.3. The van der Waals surface area contributed by atoms with Crippen molar-refractivity contribution in [2.75, 3.05) is 5.32 Å². The van der Waals surface area contributed by atoms with Crippen LogP contribution in [0.3, 0.4) is 0 Å². The number of halogens is 1. The Kier molecular flexibility index (Phi) is 4.57. The fourth-order valence-corrected chi connectivity index (χ4v) is 1.44. The summed E-state index contributed by atoms with van der Waals surface area (Å²) in [7, 11) is 0. The lowest BCUT2D eigenvalue weighted by atomic mass is 10.2. The van der Waals surface area contributed by atoms with Gasteiger partial charge in [-0.2, -0.15) is 0 Å². The van der Waals surface area contributed by atoms with Crippen molar-refractivity contribution in [2.45, 2.75) is 32.9 Å². The molecule has 0 aliphatic carbocycles. The standard InChI is InChI=1S/C13H15ClN2O2/c1-13(2,3)18-12(17)16-11-7-9(8-15-4)5-6-10(11)14/h5-7H,8H2,1-3H3,(H,16,17). The van der Waals surface area contributed by atoms with Crippen LogP contribution >= 0.6 is 11.6 Å². The zero-order chi connectivity index (χ0) is 13.8. The van der Waals surface area contributed by atoms with E-state index in [9.17, 15) is 4.79 Å². The van der Waals surface area contributed by atoms with Gasteiger partial charge in [-0.3, -0.25) is 5.32 Å². The summed E-state index contributed by atoms with van der Waals surface area (Å²) in [5.41, 5.74) is 0.678. The van der Waals surface area contributed by atoms with Crippen LogP contribution in [-0.2, 0) is 11.3 Å². The number of nitrogens with one attached hydrogen (secondary N) is 1. The van der Waals surface area contributed by atoms with E-state index in [0.717, 1.165) is 5.56 Å². The molecule has 0 heterocycles. The lowest BCUT2D eigenvalue weighted by molar-refractivity contribution is 0.0636. The Labute approximate surface area is 112 Å². The summed E-state index contributed by atoms with van der Waals surface area (Å²) in [5.74, 6) is 0. The van der Waals surface area contributed by atoms with Gasteiger partial charge in [0.05, 0.1) is 10.7 Å². The Hall–Kier alpha value is -1.73. The average Bonchev–Trinajstić information content (AvgIpc) is 2.20. The first-order valence-corrected chi connectivity index (χ1v) is 5.81. The van der Waals surface area contributed by atoms with E-state index >= 15 is 0 Å². The van der Waals surface area contributed by atoms with Gasteiger partial charge >= 0.3 is 6.09 Å². The highest BCUT2D eigenvalue weighted by atomic mass is 35.5. The zero-order valence-electron chi connectivity index (χ0n) is 10.6. The summed E-state index contributed by atoms with van der Waals surface area (Å²) in [6, 6.07) is 5.07. The first kappa shape index (κ1) is 14.3. The number of nitrogens with zero attached hydrogens (tertiary/aromatic N) is 1. The van der Waals surface area contributed by atoms with Crippen LogP contribution in [0.5, 0.6) is 0 Å². The Bertz CT molecular complexity index is 487. The van der Waals surface area contributed by atoms with Crippen molar-refractivity contribution in [1.82, 2.24) is 0 Å². The normalized spacial score (nSPS) is 10.6. The lowest BCUT2D eigenvalue weighted by Crippen LogP contribution is -2.27. The van der Waals surface area contributed by atoms with Crippen LogP contribution in [0.2, 0.25) is 5.02 Å². The highest BCUT2D eigenvalue weighted by Crippen LogP contribution is 2.24. The van der Waals surface area contributed by atoms with E-state index in [1.54, 1.807) is 39.0 Å². The number of amides is 1. The van der Waals surface area contributed by atoms with Crippen LogP contribution in [0.25, 0.3) is 4.85 Å². The van der Waals surface area contributed by atoms with Gasteiger partial charge in [-0.15, -0.1) is 0 Å². The number of hydrogen-bond acceptors (Lipinski definition) is 2. The van der Waals surface area contributed by atoms with Crippen LogP contribution < -0.4 is 5.32 Å². The first-order chi connectivity index (χ1) is 8.31. The maximum atomic E-state index is 11.6. The molecule has 0 fully saturated rings. The lowest BCUT2D eigenvalue weighted by Gasteiger charge is -2.20. The summed E-state index contributed by atoms with van der Waals surface area (Å²) in [6.45, 7) is 12.4. The third-order valence-corrected chi connectivity index (χ3v) is 2.26. The number of rotatable bonds is 2. The number of anilines is 1. The Morgan fingerprint density at radius 1 is 1.50 bits per heavy atom. The van der Waals surface area contributed by atoms with E-state index in [1.165, 1.54) is 0 Å². The molecular weight excluding hydrogens is 252 g/mol. The number of carbonyl (C=O) groups is 1. The molecule has 18 heavy (non-hydrogen) atoms. The minimum Gasteiger partial charge on any atom is -0.444 e. The van der Waals surface area contributed by atoms with E-state index in [2.05, 4.69) is 10.2 Å². The molecule has 96 valence electrons. The molecule has 1 amide bonds. The van der Waals surface area contributed by atoms with Crippen molar-refractivity contribution < 1.29 is 9.53 Å². The van der Waals surface area contributed by atoms with Gasteiger partial charge in [0.1, 0.15) is 5.60 Å².